The van der Waals surface area contributed by atoms with Gasteiger partial charge in [-0.15, -0.1) is 13.2 Å². The molecular formula is C9H7F3NO5S-. The Morgan fingerprint density at radius 3 is 2.37 bits per heavy atom. The van der Waals surface area contributed by atoms with Crippen molar-refractivity contribution in [3.05, 3.63) is 23.8 Å². The predicted octanol–water partition coefficient (Wildman–Crippen LogP) is 0.320. The van der Waals surface area contributed by atoms with E-state index in [1.165, 1.54) is 0 Å². The van der Waals surface area contributed by atoms with Gasteiger partial charge in [-0.05, 0) is 18.2 Å². The molecule has 10 heteroatoms. The van der Waals surface area contributed by atoms with Gasteiger partial charge in [-0.2, -0.15) is 0 Å². The van der Waals surface area contributed by atoms with Gasteiger partial charge in [-0.3, -0.25) is 4.72 Å². The topological polar surface area (TPSA) is 95.5 Å². The van der Waals surface area contributed by atoms with E-state index in [0.29, 0.717) is 6.07 Å². The molecule has 0 aromatic heterocycles. The number of hydrogen-bond acceptors (Lipinski definition) is 5. The number of aromatic carboxylic acids is 1. The second-order valence-electron chi connectivity index (χ2n) is 3.42. The molecule has 0 aliphatic heterocycles. The van der Waals surface area contributed by atoms with Crippen molar-refractivity contribution < 1.29 is 36.2 Å². The van der Waals surface area contributed by atoms with E-state index in [-0.39, 0.29) is 0 Å². The smallest absolute Gasteiger partial charge is 0.545 e. The van der Waals surface area contributed by atoms with Crippen molar-refractivity contribution in [1.82, 2.24) is 0 Å². The normalized spacial score (nSPS) is 12.0. The Hall–Kier alpha value is -1.97. The van der Waals surface area contributed by atoms with Crippen LogP contribution in [0.2, 0.25) is 0 Å². The third-order valence-corrected chi connectivity index (χ3v) is 2.33. The lowest BCUT2D eigenvalue weighted by Gasteiger charge is -2.14. The lowest BCUT2D eigenvalue weighted by atomic mass is 10.2. The minimum atomic E-state index is -4.99. The van der Waals surface area contributed by atoms with Gasteiger partial charge in [0, 0.05) is 5.56 Å². The van der Waals surface area contributed by atoms with Gasteiger partial charge in [0.05, 0.1) is 17.9 Å². The summed E-state index contributed by atoms with van der Waals surface area (Å²) in [7, 11) is -3.79. The maximum absolute atomic E-state index is 11.9. The van der Waals surface area contributed by atoms with Crippen LogP contribution in [0.15, 0.2) is 18.2 Å². The first-order chi connectivity index (χ1) is 8.48. The third-order valence-electron chi connectivity index (χ3n) is 1.74. The quantitative estimate of drug-likeness (QED) is 0.863. The number of sulfonamides is 1. The van der Waals surface area contributed by atoms with E-state index in [9.17, 15) is 31.5 Å². The number of anilines is 1. The molecule has 0 aliphatic rings. The monoisotopic (exact) mass is 298 g/mol. The Morgan fingerprint density at radius 1 is 1.37 bits per heavy atom. The molecule has 0 heterocycles. The van der Waals surface area contributed by atoms with Crippen LogP contribution in [0.1, 0.15) is 10.4 Å². The molecule has 106 valence electrons. The van der Waals surface area contributed by atoms with Crippen LogP contribution < -0.4 is 14.6 Å². The Morgan fingerprint density at radius 2 is 1.95 bits per heavy atom. The minimum Gasteiger partial charge on any atom is -0.545 e. The van der Waals surface area contributed by atoms with Crippen LogP contribution in [0.25, 0.3) is 0 Å². The van der Waals surface area contributed by atoms with Gasteiger partial charge in [-0.25, -0.2) is 8.42 Å². The fraction of sp³-hybridized carbons (Fsp3) is 0.222. The molecule has 0 amide bonds. The van der Waals surface area contributed by atoms with Crippen molar-refractivity contribution in [3.63, 3.8) is 0 Å². The lowest BCUT2D eigenvalue weighted by Crippen LogP contribution is -2.25. The third kappa shape index (κ3) is 5.04. The van der Waals surface area contributed by atoms with Gasteiger partial charge in [0.2, 0.25) is 10.0 Å². The first-order valence-corrected chi connectivity index (χ1v) is 6.46. The van der Waals surface area contributed by atoms with Crippen LogP contribution in [0.3, 0.4) is 0 Å². The average Bonchev–Trinajstić information content (AvgIpc) is 2.15. The zero-order valence-corrected chi connectivity index (χ0v) is 10.1. The summed E-state index contributed by atoms with van der Waals surface area (Å²) in [5, 5.41) is 10.7. The highest BCUT2D eigenvalue weighted by molar-refractivity contribution is 7.92. The molecular weight excluding hydrogens is 291 g/mol. The molecule has 0 bridgehead atoms. The predicted molar refractivity (Wildman–Crippen MR) is 55.9 cm³/mol. The highest BCUT2D eigenvalue weighted by Gasteiger charge is 2.31. The van der Waals surface area contributed by atoms with E-state index in [2.05, 4.69) is 4.74 Å². The first kappa shape index (κ1) is 15.1. The Balaban J connectivity index is 3.19. The summed E-state index contributed by atoms with van der Waals surface area (Å²) in [5.74, 6) is -2.65. The second-order valence-corrected chi connectivity index (χ2v) is 5.17. The summed E-state index contributed by atoms with van der Waals surface area (Å²) >= 11 is 0. The number of ether oxygens (including phenoxy) is 1. The summed E-state index contributed by atoms with van der Waals surface area (Å²) < 4.78 is 63.1. The minimum absolute atomic E-state index is 0.419. The van der Waals surface area contributed by atoms with Crippen molar-refractivity contribution in [2.45, 2.75) is 6.36 Å². The molecule has 0 spiro atoms. The molecule has 0 fully saturated rings. The van der Waals surface area contributed by atoms with E-state index in [4.69, 9.17) is 0 Å². The number of carbonyl (C=O) groups excluding carboxylic acids is 1. The molecule has 0 saturated heterocycles. The molecule has 0 radical (unpaired) electrons. The standard InChI is InChI=1S/C9H8F3NO5S/c1-19(16,17)13-7-3-2-5(18-9(10,11)12)4-6(7)8(14)15/h2-4,13H,1H3,(H,14,15)/p-1. The maximum atomic E-state index is 11.9. The summed E-state index contributed by atoms with van der Waals surface area (Å²) in [6, 6.07) is 2.11. The average molecular weight is 298 g/mol. The number of benzene rings is 1. The van der Waals surface area contributed by atoms with Gasteiger partial charge in [0.1, 0.15) is 5.75 Å². The number of carbonyl (C=O) groups is 1. The number of alkyl halides is 3. The lowest BCUT2D eigenvalue weighted by molar-refractivity contribution is -0.275. The highest BCUT2D eigenvalue weighted by Crippen LogP contribution is 2.27. The molecule has 0 aliphatic carbocycles. The van der Waals surface area contributed by atoms with Crippen molar-refractivity contribution >= 4 is 21.7 Å². The molecule has 1 aromatic rings. The molecule has 19 heavy (non-hydrogen) atoms. The van der Waals surface area contributed by atoms with Crippen molar-refractivity contribution in [2.24, 2.45) is 0 Å². The van der Waals surface area contributed by atoms with E-state index in [1.807, 2.05) is 4.72 Å². The van der Waals surface area contributed by atoms with Crippen molar-refractivity contribution in [3.8, 4) is 5.75 Å². The fourth-order valence-corrected chi connectivity index (χ4v) is 1.76. The van der Waals surface area contributed by atoms with Crippen LogP contribution in [-0.2, 0) is 10.0 Å². The van der Waals surface area contributed by atoms with Gasteiger partial charge < -0.3 is 14.6 Å². The van der Waals surface area contributed by atoms with E-state index < -0.39 is 39.4 Å². The van der Waals surface area contributed by atoms with E-state index in [0.717, 1.165) is 18.4 Å². The van der Waals surface area contributed by atoms with E-state index >= 15 is 0 Å². The molecule has 6 nitrogen and oxygen atoms in total. The molecule has 0 atom stereocenters. The number of hydrogen-bond donors (Lipinski definition) is 1. The second kappa shape index (κ2) is 4.96. The number of nitrogens with one attached hydrogen (secondary N) is 1. The van der Waals surface area contributed by atoms with Gasteiger partial charge in [0.25, 0.3) is 0 Å². The largest absolute Gasteiger partial charge is 0.573 e. The van der Waals surface area contributed by atoms with Crippen molar-refractivity contribution in [1.29, 1.82) is 0 Å². The van der Waals surface area contributed by atoms with Gasteiger partial charge in [-0.1, -0.05) is 0 Å². The number of carboxylic acid groups (broad SMARTS) is 1. The molecule has 1 rings (SSSR count). The SMILES string of the molecule is CS(=O)(=O)Nc1ccc(OC(F)(F)F)cc1C(=O)[O-]. The zero-order chi connectivity index (χ0) is 14.8. The van der Waals surface area contributed by atoms with Crippen LogP contribution >= 0.6 is 0 Å². The molecule has 0 unspecified atom stereocenters. The first-order valence-electron chi connectivity index (χ1n) is 4.57. The molecule has 1 aromatic carbocycles. The summed E-state index contributed by atoms with van der Waals surface area (Å²) in [5.41, 5.74) is -1.19. The maximum Gasteiger partial charge on any atom is 0.573 e. The number of rotatable bonds is 4. The number of halogens is 3. The Labute approximate surface area is 105 Å². The molecule has 1 N–H and O–H groups in total. The van der Waals surface area contributed by atoms with Crippen LogP contribution in [0, 0.1) is 0 Å². The van der Waals surface area contributed by atoms with Crippen LogP contribution in [0.4, 0.5) is 18.9 Å². The van der Waals surface area contributed by atoms with Crippen molar-refractivity contribution in [2.75, 3.05) is 11.0 Å². The fourth-order valence-electron chi connectivity index (χ4n) is 1.18. The summed E-state index contributed by atoms with van der Waals surface area (Å²) in [6.45, 7) is 0. The van der Waals surface area contributed by atoms with E-state index in [1.54, 1.807) is 0 Å². The van der Waals surface area contributed by atoms with Gasteiger partial charge in [0.15, 0.2) is 0 Å². The summed E-state index contributed by atoms with van der Waals surface area (Å²) in [6.07, 6.45) is -4.23. The Kier molecular flexibility index (Phi) is 3.94. The Bertz CT molecular complexity index is 596. The molecule has 0 saturated carbocycles. The zero-order valence-electron chi connectivity index (χ0n) is 9.32. The van der Waals surface area contributed by atoms with Gasteiger partial charge >= 0.3 is 6.36 Å². The highest BCUT2D eigenvalue weighted by atomic mass is 32.2. The van der Waals surface area contributed by atoms with Crippen LogP contribution in [0.5, 0.6) is 5.75 Å². The number of carboxylic acids is 1. The summed E-state index contributed by atoms with van der Waals surface area (Å²) in [4.78, 5) is 10.7. The van der Waals surface area contributed by atoms with Crippen LogP contribution in [-0.4, -0.2) is 27.0 Å².